The van der Waals surface area contributed by atoms with Gasteiger partial charge in [-0.15, -0.1) is 0 Å². The highest BCUT2D eigenvalue weighted by molar-refractivity contribution is 6.01. The number of carbonyl (C=O) groups is 1. The van der Waals surface area contributed by atoms with E-state index in [1.807, 2.05) is 19.9 Å². The van der Waals surface area contributed by atoms with Crippen LogP contribution < -0.4 is 20.1 Å². The molecular formula is C21H23FN4O4. The van der Waals surface area contributed by atoms with E-state index in [0.29, 0.717) is 22.7 Å². The van der Waals surface area contributed by atoms with Crippen molar-refractivity contribution in [3.05, 3.63) is 35.5 Å². The first-order chi connectivity index (χ1) is 14.1. The van der Waals surface area contributed by atoms with E-state index in [-0.39, 0.29) is 29.8 Å². The molecule has 8 nitrogen and oxygen atoms in total. The number of alkyl halides is 1. The summed E-state index contributed by atoms with van der Waals surface area (Å²) in [5, 5.41) is 24.5. The first kappa shape index (κ1) is 21.3. The predicted octanol–water partition coefficient (Wildman–Crippen LogP) is 3.51. The Bertz CT molecular complexity index is 1010. The van der Waals surface area contributed by atoms with Crippen LogP contribution in [0, 0.1) is 11.3 Å². The lowest BCUT2D eigenvalue weighted by Crippen LogP contribution is -2.42. The van der Waals surface area contributed by atoms with Crippen LogP contribution in [0.4, 0.5) is 10.1 Å². The number of pyridine rings is 1. The molecule has 2 aromatic rings. The van der Waals surface area contributed by atoms with E-state index in [1.165, 1.54) is 26.1 Å². The molecule has 1 aromatic carbocycles. The van der Waals surface area contributed by atoms with Gasteiger partial charge in [0.05, 0.1) is 35.0 Å². The lowest BCUT2D eigenvalue weighted by atomic mass is 10.0. The Labute approximate surface area is 173 Å². The topological polar surface area (TPSA) is 117 Å². The Hall–Kier alpha value is -3.38. The maximum absolute atomic E-state index is 14.0. The van der Waals surface area contributed by atoms with Crippen LogP contribution in [0.1, 0.15) is 43.6 Å². The molecule has 0 fully saturated rings. The monoisotopic (exact) mass is 414 g/mol. The summed E-state index contributed by atoms with van der Waals surface area (Å²) in [6, 6.07) is 6.69. The van der Waals surface area contributed by atoms with Crippen LogP contribution in [-0.4, -0.2) is 40.4 Å². The number of hydrogen-bond donors (Lipinski definition) is 3. The zero-order valence-electron chi connectivity index (χ0n) is 17.1. The van der Waals surface area contributed by atoms with Crippen molar-refractivity contribution in [2.75, 3.05) is 11.9 Å². The first-order valence-electron chi connectivity index (χ1n) is 9.44. The Morgan fingerprint density at radius 3 is 2.70 bits per heavy atom. The Kier molecular flexibility index (Phi) is 5.80. The van der Waals surface area contributed by atoms with Gasteiger partial charge < -0.3 is 25.2 Å². The van der Waals surface area contributed by atoms with Gasteiger partial charge in [-0.25, -0.2) is 9.37 Å². The highest BCUT2D eigenvalue weighted by atomic mass is 19.1. The zero-order valence-corrected chi connectivity index (χ0v) is 17.1. The van der Waals surface area contributed by atoms with Crippen LogP contribution in [0.15, 0.2) is 24.4 Å². The molecule has 1 aliphatic rings. The molecule has 0 spiro atoms. The minimum Gasteiger partial charge on any atom is -0.445 e. The smallest absolute Gasteiger partial charge is 0.265 e. The summed E-state index contributed by atoms with van der Waals surface area (Å²) in [5.41, 5.74) is -0.728. The third-order valence-corrected chi connectivity index (χ3v) is 4.38. The second-order valence-corrected chi connectivity index (χ2v) is 7.79. The Morgan fingerprint density at radius 1 is 1.33 bits per heavy atom. The van der Waals surface area contributed by atoms with Crippen LogP contribution >= 0.6 is 0 Å². The number of ether oxygens (including phenoxy) is 2. The number of nitriles is 1. The molecule has 0 saturated heterocycles. The van der Waals surface area contributed by atoms with Crippen LogP contribution in [0.5, 0.6) is 23.1 Å². The molecule has 0 unspecified atom stereocenters. The van der Waals surface area contributed by atoms with Crippen molar-refractivity contribution in [3.8, 4) is 29.2 Å². The van der Waals surface area contributed by atoms with Gasteiger partial charge in [-0.2, -0.15) is 5.26 Å². The van der Waals surface area contributed by atoms with Crippen LogP contribution in [0.2, 0.25) is 0 Å². The summed E-state index contributed by atoms with van der Waals surface area (Å²) in [4.78, 5) is 16.9. The molecular weight excluding hydrogens is 391 g/mol. The average Bonchev–Trinajstić information content (AvgIpc) is 2.69. The van der Waals surface area contributed by atoms with E-state index >= 15 is 0 Å². The number of rotatable bonds is 6. The van der Waals surface area contributed by atoms with Gasteiger partial charge in [0.25, 0.3) is 11.8 Å². The number of nitrogens with one attached hydrogen (secondary N) is 2. The largest absolute Gasteiger partial charge is 0.445 e. The summed E-state index contributed by atoms with van der Waals surface area (Å²) in [5.74, 6) is 0.483. The van der Waals surface area contributed by atoms with Gasteiger partial charge in [0.1, 0.15) is 6.17 Å². The minimum absolute atomic E-state index is 0.0659. The molecule has 3 rings (SSSR count). The highest BCUT2D eigenvalue weighted by Gasteiger charge is 2.30. The number of hydrogen-bond acceptors (Lipinski definition) is 7. The van der Waals surface area contributed by atoms with E-state index in [1.54, 1.807) is 12.1 Å². The molecule has 158 valence electrons. The lowest BCUT2D eigenvalue weighted by Gasteiger charge is -2.25. The van der Waals surface area contributed by atoms with E-state index in [0.717, 1.165) is 0 Å². The third kappa shape index (κ3) is 4.44. The average molecular weight is 414 g/mol. The van der Waals surface area contributed by atoms with E-state index in [4.69, 9.17) is 14.7 Å². The number of benzene rings is 1. The summed E-state index contributed by atoms with van der Waals surface area (Å²) in [6.45, 7) is 6.05. The lowest BCUT2D eigenvalue weighted by molar-refractivity contribution is -0.00177. The quantitative estimate of drug-likeness (QED) is 0.565. The molecule has 3 N–H and O–H groups in total. The van der Waals surface area contributed by atoms with Crippen molar-refractivity contribution in [1.82, 2.24) is 10.3 Å². The normalized spacial score (nSPS) is 13.3. The van der Waals surface area contributed by atoms with Crippen molar-refractivity contribution >= 4 is 11.6 Å². The maximum Gasteiger partial charge on any atom is 0.265 e. The Balaban J connectivity index is 1.94. The van der Waals surface area contributed by atoms with E-state index in [9.17, 15) is 14.3 Å². The fourth-order valence-corrected chi connectivity index (χ4v) is 2.73. The summed E-state index contributed by atoms with van der Waals surface area (Å²) in [6.07, 6.45) is -0.335. The second kappa shape index (κ2) is 8.16. The number of aromatic nitrogens is 1. The number of aliphatic hydroxyl groups is 1. The van der Waals surface area contributed by atoms with Gasteiger partial charge in [-0.3, -0.25) is 4.79 Å². The number of amides is 1. The molecule has 30 heavy (non-hydrogen) atoms. The highest BCUT2D eigenvalue weighted by Crippen LogP contribution is 2.49. The second-order valence-electron chi connectivity index (χ2n) is 7.79. The number of halogens is 1. The minimum atomic E-state index is -1.65. The van der Waals surface area contributed by atoms with E-state index in [2.05, 4.69) is 15.6 Å². The Morgan fingerprint density at radius 2 is 2.07 bits per heavy atom. The summed E-state index contributed by atoms with van der Waals surface area (Å²) < 4.78 is 25.7. The van der Waals surface area contributed by atoms with Crippen molar-refractivity contribution in [1.29, 1.82) is 5.26 Å². The van der Waals surface area contributed by atoms with Gasteiger partial charge >= 0.3 is 0 Å². The molecule has 2 heterocycles. The van der Waals surface area contributed by atoms with E-state index < -0.39 is 17.7 Å². The van der Waals surface area contributed by atoms with Crippen molar-refractivity contribution in [2.24, 2.45) is 0 Å². The van der Waals surface area contributed by atoms with Gasteiger partial charge in [0.15, 0.2) is 11.5 Å². The number of carbonyl (C=O) groups excluding carboxylic acids is 1. The molecule has 1 aromatic heterocycles. The van der Waals surface area contributed by atoms with Crippen LogP contribution in [0.25, 0.3) is 0 Å². The third-order valence-electron chi connectivity index (χ3n) is 4.38. The molecule has 9 heteroatoms. The SMILES string of the molecule is CC(C)Nc1c(C(=O)NC[C@@H](F)C(C)(C)O)cnc2c1Oc1cc(C#N)ccc1O2. The standard InChI is InChI=1S/C21H23FN4O4/c1-11(2)26-17-13(19(27)24-10-16(22)21(3,4)28)9-25-20-18(17)29-15-7-12(8-23)5-6-14(15)30-20/h5-7,9,11,16,28H,10H2,1-4H3,(H,24,27)(H,25,26)/t16-/m1/s1. The molecule has 1 atom stereocenters. The fourth-order valence-electron chi connectivity index (χ4n) is 2.73. The molecule has 0 aliphatic carbocycles. The molecule has 0 saturated carbocycles. The molecule has 1 amide bonds. The summed E-state index contributed by atoms with van der Waals surface area (Å²) >= 11 is 0. The van der Waals surface area contributed by atoms with Gasteiger partial charge in [0, 0.05) is 18.3 Å². The molecule has 0 bridgehead atoms. The predicted molar refractivity (Wildman–Crippen MR) is 108 cm³/mol. The van der Waals surface area contributed by atoms with Crippen molar-refractivity contribution in [2.45, 2.75) is 45.5 Å². The van der Waals surface area contributed by atoms with Crippen molar-refractivity contribution < 1.29 is 23.8 Å². The first-order valence-corrected chi connectivity index (χ1v) is 9.44. The van der Waals surface area contributed by atoms with Gasteiger partial charge in [-0.05, 0) is 39.8 Å². The van der Waals surface area contributed by atoms with Gasteiger partial charge in [-0.1, -0.05) is 0 Å². The van der Waals surface area contributed by atoms with Crippen LogP contribution in [0.3, 0.4) is 0 Å². The fraction of sp³-hybridized carbons (Fsp3) is 0.381. The molecule has 1 aliphatic heterocycles. The number of nitrogens with zero attached hydrogens (tertiary/aromatic N) is 2. The van der Waals surface area contributed by atoms with Crippen molar-refractivity contribution in [3.63, 3.8) is 0 Å². The maximum atomic E-state index is 14.0. The number of anilines is 1. The zero-order chi connectivity index (χ0) is 22.1. The van der Waals surface area contributed by atoms with Crippen LogP contribution in [-0.2, 0) is 0 Å². The molecule has 0 radical (unpaired) electrons. The van der Waals surface area contributed by atoms with Gasteiger partial charge in [0.2, 0.25) is 5.75 Å². The number of fused-ring (bicyclic) bond motifs is 2. The summed E-state index contributed by atoms with van der Waals surface area (Å²) in [7, 11) is 0.